The van der Waals surface area contributed by atoms with Gasteiger partial charge in [0.05, 0.1) is 12.1 Å². The minimum Gasteiger partial charge on any atom is -0.493 e. The lowest BCUT2D eigenvalue weighted by Gasteiger charge is -2.15. The number of hydrogen-bond acceptors (Lipinski definition) is 4. The summed E-state index contributed by atoms with van der Waals surface area (Å²) < 4.78 is 16.7. The van der Waals surface area contributed by atoms with Crippen LogP contribution in [0.3, 0.4) is 0 Å². The highest BCUT2D eigenvalue weighted by atomic mass is 35.5. The van der Waals surface area contributed by atoms with Crippen molar-refractivity contribution in [3.05, 3.63) is 58.1 Å². The van der Waals surface area contributed by atoms with E-state index in [9.17, 15) is 0 Å². The average molecular weight is 378 g/mol. The topological polar surface area (TPSA) is 39.7 Å². The molecule has 0 atom stereocenters. The highest BCUT2D eigenvalue weighted by molar-refractivity contribution is 6.32. The predicted octanol–water partition coefficient (Wildman–Crippen LogP) is 4.75. The van der Waals surface area contributed by atoms with E-state index in [0.717, 1.165) is 43.9 Å². The summed E-state index contributed by atoms with van der Waals surface area (Å²) in [6, 6.07) is 12.1. The fraction of sp³-hybridized carbons (Fsp3) is 0.429. The molecule has 0 bridgehead atoms. The number of nitrogens with one attached hydrogen (secondary N) is 1. The minimum absolute atomic E-state index is 0.451. The van der Waals surface area contributed by atoms with Gasteiger partial charge in [0.1, 0.15) is 6.61 Å². The van der Waals surface area contributed by atoms with Gasteiger partial charge >= 0.3 is 0 Å². The summed E-state index contributed by atoms with van der Waals surface area (Å²) in [5.41, 5.74) is 3.37. The number of methoxy groups -OCH3 is 1. The third kappa shape index (κ3) is 6.52. The van der Waals surface area contributed by atoms with Gasteiger partial charge in [-0.15, -0.1) is 0 Å². The molecule has 142 valence electrons. The standard InChI is InChI=1S/C21H28ClNO3/c1-4-25-10-6-9-23-14-18-12-19(22)21(20(13-18)24-3)26-15-17-8-5-7-16(2)11-17/h5,7-8,11-13,23H,4,6,9-10,14-15H2,1-3H3. The first-order valence-corrected chi connectivity index (χ1v) is 9.35. The Balaban J connectivity index is 1.95. The van der Waals surface area contributed by atoms with Crippen molar-refractivity contribution in [3.63, 3.8) is 0 Å². The molecule has 0 radical (unpaired) electrons. The molecule has 0 aromatic heterocycles. The number of halogens is 1. The van der Waals surface area contributed by atoms with Gasteiger partial charge in [0.15, 0.2) is 11.5 Å². The van der Waals surface area contributed by atoms with Crippen LogP contribution in [0, 0.1) is 6.92 Å². The largest absolute Gasteiger partial charge is 0.493 e. The minimum atomic E-state index is 0.451. The molecule has 0 spiro atoms. The van der Waals surface area contributed by atoms with Crippen molar-refractivity contribution < 1.29 is 14.2 Å². The SMILES string of the molecule is CCOCCCNCc1cc(Cl)c(OCc2cccc(C)c2)c(OC)c1. The van der Waals surface area contributed by atoms with E-state index in [2.05, 4.69) is 24.4 Å². The zero-order valence-electron chi connectivity index (χ0n) is 15.8. The van der Waals surface area contributed by atoms with Gasteiger partial charge in [-0.25, -0.2) is 0 Å². The summed E-state index contributed by atoms with van der Waals surface area (Å²) in [4.78, 5) is 0. The number of ether oxygens (including phenoxy) is 3. The first-order chi connectivity index (χ1) is 12.6. The third-order valence-electron chi connectivity index (χ3n) is 3.93. The van der Waals surface area contributed by atoms with Gasteiger partial charge in [-0.1, -0.05) is 41.4 Å². The van der Waals surface area contributed by atoms with E-state index in [4.69, 9.17) is 25.8 Å². The van der Waals surface area contributed by atoms with E-state index < -0.39 is 0 Å². The molecule has 4 nitrogen and oxygen atoms in total. The Hall–Kier alpha value is -1.75. The zero-order valence-corrected chi connectivity index (χ0v) is 16.6. The van der Waals surface area contributed by atoms with Crippen molar-refractivity contribution in [2.24, 2.45) is 0 Å². The van der Waals surface area contributed by atoms with Crippen molar-refractivity contribution in [1.29, 1.82) is 0 Å². The van der Waals surface area contributed by atoms with Crippen LogP contribution in [-0.4, -0.2) is 26.9 Å². The van der Waals surface area contributed by atoms with Gasteiger partial charge in [-0.3, -0.25) is 0 Å². The molecule has 0 unspecified atom stereocenters. The third-order valence-corrected chi connectivity index (χ3v) is 4.21. The van der Waals surface area contributed by atoms with E-state index in [1.165, 1.54) is 5.56 Å². The summed E-state index contributed by atoms with van der Waals surface area (Å²) >= 11 is 6.44. The second kappa shape index (κ2) is 11.1. The second-order valence-corrected chi connectivity index (χ2v) is 6.52. The molecule has 1 N–H and O–H groups in total. The average Bonchev–Trinajstić information content (AvgIpc) is 2.63. The fourth-order valence-electron chi connectivity index (χ4n) is 2.65. The van der Waals surface area contributed by atoms with E-state index in [-0.39, 0.29) is 0 Å². The predicted molar refractivity (Wildman–Crippen MR) is 106 cm³/mol. The highest BCUT2D eigenvalue weighted by Gasteiger charge is 2.12. The Morgan fingerprint density at radius 2 is 1.96 bits per heavy atom. The number of aryl methyl sites for hydroxylation is 1. The molecular formula is C21H28ClNO3. The van der Waals surface area contributed by atoms with Crippen LogP contribution < -0.4 is 14.8 Å². The fourth-order valence-corrected chi connectivity index (χ4v) is 2.94. The van der Waals surface area contributed by atoms with E-state index >= 15 is 0 Å². The maximum Gasteiger partial charge on any atom is 0.180 e. The molecule has 0 aliphatic heterocycles. The highest BCUT2D eigenvalue weighted by Crippen LogP contribution is 2.37. The maximum absolute atomic E-state index is 6.44. The summed E-state index contributed by atoms with van der Waals surface area (Å²) in [5, 5.41) is 3.95. The van der Waals surface area contributed by atoms with Crippen LogP contribution in [0.25, 0.3) is 0 Å². The summed E-state index contributed by atoms with van der Waals surface area (Å²) in [5.74, 6) is 1.23. The van der Waals surface area contributed by atoms with E-state index in [0.29, 0.717) is 23.1 Å². The van der Waals surface area contributed by atoms with Crippen molar-refractivity contribution in [2.75, 3.05) is 26.9 Å². The van der Waals surface area contributed by atoms with Crippen molar-refractivity contribution in [1.82, 2.24) is 5.32 Å². The van der Waals surface area contributed by atoms with Crippen LogP contribution in [0.2, 0.25) is 5.02 Å². The van der Waals surface area contributed by atoms with Gasteiger partial charge < -0.3 is 19.5 Å². The van der Waals surface area contributed by atoms with Crippen LogP contribution in [0.15, 0.2) is 36.4 Å². The Morgan fingerprint density at radius 1 is 1.12 bits per heavy atom. The Bertz CT molecular complexity index is 691. The van der Waals surface area contributed by atoms with Crippen molar-refractivity contribution in [3.8, 4) is 11.5 Å². The molecule has 2 aromatic carbocycles. The van der Waals surface area contributed by atoms with E-state index in [1.807, 2.05) is 31.2 Å². The van der Waals surface area contributed by atoms with Crippen LogP contribution >= 0.6 is 11.6 Å². The van der Waals surface area contributed by atoms with Crippen molar-refractivity contribution in [2.45, 2.75) is 33.4 Å². The Morgan fingerprint density at radius 3 is 2.69 bits per heavy atom. The quantitative estimate of drug-likeness (QED) is 0.573. The molecule has 0 amide bonds. The Labute approximate surface area is 161 Å². The van der Waals surface area contributed by atoms with Gasteiger partial charge in [-0.05, 0) is 50.1 Å². The number of rotatable bonds is 11. The van der Waals surface area contributed by atoms with Crippen molar-refractivity contribution >= 4 is 11.6 Å². The normalized spacial score (nSPS) is 10.8. The molecule has 2 rings (SSSR count). The first kappa shape index (κ1) is 20.6. The molecule has 5 heteroatoms. The van der Waals surface area contributed by atoms with Gasteiger partial charge in [-0.2, -0.15) is 0 Å². The van der Waals surface area contributed by atoms with Crippen LogP contribution in [-0.2, 0) is 17.9 Å². The lowest BCUT2D eigenvalue weighted by atomic mass is 10.1. The second-order valence-electron chi connectivity index (χ2n) is 6.11. The molecule has 0 aliphatic rings. The van der Waals surface area contributed by atoms with Gasteiger partial charge in [0.25, 0.3) is 0 Å². The lowest BCUT2D eigenvalue weighted by molar-refractivity contribution is 0.144. The smallest absolute Gasteiger partial charge is 0.180 e. The Kier molecular flexibility index (Phi) is 8.75. The molecule has 26 heavy (non-hydrogen) atoms. The van der Waals surface area contributed by atoms with Gasteiger partial charge in [0.2, 0.25) is 0 Å². The molecule has 0 saturated carbocycles. The van der Waals surface area contributed by atoms with Gasteiger partial charge in [0, 0.05) is 19.8 Å². The number of benzene rings is 2. The molecule has 2 aromatic rings. The zero-order chi connectivity index (χ0) is 18.8. The molecule has 0 heterocycles. The molecule has 0 aliphatic carbocycles. The molecular weight excluding hydrogens is 350 g/mol. The monoisotopic (exact) mass is 377 g/mol. The first-order valence-electron chi connectivity index (χ1n) is 8.97. The van der Waals surface area contributed by atoms with Crippen LogP contribution in [0.1, 0.15) is 30.0 Å². The summed E-state index contributed by atoms with van der Waals surface area (Å²) in [6.07, 6.45) is 0.983. The summed E-state index contributed by atoms with van der Waals surface area (Å²) in [6.45, 7) is 7.67. The van der Waals surface area contributed by atoms with E-state index in [1.54, 1.807) is 7.11 Å². The molecule has 0 fully saturated rings. The molecule has 0 saturated heterocycles. The maximum atomic E-state index is 6.44. The summed E-state index contributed by atoms with van der Waals surface area (Å²) in [7, 11) is 1.63. The number of hydrogen-bond donors (Lipinski definition) is 1. The van der Waals surface area contributed by atoms with Crippen LogP contribution in [0.4, 0.5) is 0 Å². The lowest BCUT2D eigenvalue weighted by Crippen LogP contribution is -2.16. The van der Waals surface area contributed by atoms with Crippen LogP contribution in [0.5, 0.6) is 11.5 Å².